The molecule has 2 nitrogen and oxygen atoms in total. The molecule has 0 aliphatic rings. The Morgan fingerprint density at radius 1 is 1.17 bits per heavy atom. The minimum Gasteiger partial charge on any atom is -0.391 e. The van der Waals surface area contributed by atoms with E-state index in [2.05, 4.69) is 13.8 Å². The van der Waals surface area contributed by atoms with Gasteiger partial charge >= 0.3 is 0 Å². The van der Waals surface area contributed by atoms with Gasteiger partial charge in [0.1, 0.15) is 0 Å². The standard InChI is InChI=1S/C10H22O2/c1-3-5-6-7-10(11)9-12-8-4-2/h10-11H,3-9H2,1-2H3. The highest BCUT2D eigenvalue weighted by molar-refractivity contribution is 4.53. The molecule has 74 valence electrons. The second-order valence-electron chi connectivity index (χ2n) is 3.22. The van der Waals surface area contributed by atoms with Crippen LogP contribution in [0.4, 0.5) is 0 Å². The Balaban J connectivity index is 3.04. The first kappa shape index (κ1) is 11.9. The summed E-state index contributed by atoms with van der Waals surface area (Å²) >= 11 is 0. The summed E-state index contributed by atoms with van der Waals surface area (Å²) in [7, 11) is 0. The summed E-state index contributed by atoms with van der Waals surface area (Å²) in [4.78, 5) is 0. The van der Waals surface area contributed by atoms with Crippen LogP contribution in [0, 0.1) is 0 Å². The molecule has 0 aromatic heterocycles. The molecule has 1 unspecified atom stereocenters. The predicted octanol–water partition coefficient (Wildman–Crippen LogP) is 2.35. The predicted molar refractivity (Wildman–Crippen MR) is 51.3 cm³/mol. The lowest BCUT2D eigenvalue weighted by Gasteiger charge is -2.09. The van der Waals surface area contributed by atoms with E-state index in [1.54, 1.807) is 0 Å². The second kappa shape index (κ2) is 9.01. The Labute approximate surface area is 75.9 Å². The van der Waals surface area contributed by atoms with E-state index in [1.807, 2.05) is 0 Å². The molecule has 0 saturated carbocycles. The minimum atomic E-state index is -0.247. The zero-order valence-electron chi connectivity index (χ0n) is 8.38. The van der Waals surface area contributed by atoms with Crippen molar-refractivity contribution in [1.29, 1.82) is 0 Å². The molecular weight excluding hydrogens is 152 g/mol. The van der Waals surface area contributed by atoms with Crippen molar-refractivity contribution < 1.29 is 9.84 Å². The lowest BCUT2D eigenvalue weighted by atomic mass is 10.1. The smallest absolute Gasteiger partial charge is 0.0773 e. The van der Waals surface area contributed by atoms with Crippen LogP contribution < -0.4 is 0 Å². The maximum absolute atomic E-state index is 9.38. The molecule has 2 heteroatoms. The van der Waals surface area contributed by atoms with Gasteiger partial charge in [0.25, 0.3) is 0 Å². The van der Waals surface area contributed by atoms with E-state index in [-0.39, 0.29) is 6.10 Å². The van der Waals surface area contributed by atoms with Gasteiger partial charge in [-0.3, -0.25) is 0 Å². The molecule has 0 saturated heterocycles. The molecule has 0 rings (SSSR count). The first-order chi connectivity index (χ1) is 5.81. The zero-order chi connectivity index (χ0) is 9.23. The Hall–Kier alpha value is -0.0800. The Bertz CT molecular complexity index is 73.9. The largest absolute Gasteiger partial charge is 0.391 e. The number of ether oxygens (including phenoxy) is 1. The van der Waals surface area contributed by atoms with Gasteiger partial charge < -0.3 is 9.84 Å². The summed E-state index contributed by atoms with van der Waals surface area (Å²) in [6.45, 7) is 5.52. The molecular formula is C10H22O2. The van der Waals surface area contributed by atoms with E-state index in [9.17, 15) is 5.11 Å². The highest BCUT2D eigenvalue weighted by Crippen LogP contribution is 2.03. The number of unbranched alkanes of at least 4 members (excludes halogenated alkanes) is 2. The fourth-order valence-electron chi connectivity index (χ4n) is 1.08. The number of rotatable bonds is 8. The fraction of sp³-hybridized carbons (Fsp3) is 1.00. The molecule has 1 N–H and O–H groups in total. The molecule has 0 heterocycles. The number of hydrogen-bond donors (Lipinski definition) is 1. The van der Waals surface area contributed by atoms with Gasteiger partial charge in [-0.2, -0.15) is 0 Å². The topological polar surface area (TPSA) is 29.5 Å². The molecule has 0 aromatic carbocycles. The minimum absolute atomic E-state index is 0.247. The third-order valence-corrected chi connectivity index (χ3v) is 1.80. The molecule has 1 atom stereocenters. The summed E-state index contributed by atoms with van der Waals surface area (Å²) < 4.78 is 5.23. The van der Waals surface area contributed by atoms with Crippen LogP contribution in [0.25, 0.3) is 0 Å². The molecule has 0 aliphatic carbocycles. The lowest BCUT2D eigenvalue weighted by molar-refractivity contribution is 0.0316. The third kappa shape index (κ3) is 8.02. The van der Waals surface area contributed by atoms with E-state index >= 15 is 0 Å². The van der Waals surface area contributed by atoms with Crippen molar-refractivity contribution in [3.8, 4) is 0 Å². The van der Waals surface area contributed by atoms with E-state index in [4.69, 9.17) is 4.74 Å². The molecule has 0 spiro atoms. The fourth-order valence-corrected chi connectivity index (χ4v) is 1.08. The first-order valence-corrected chi connectivity index (χ1v) is 5.07. The summed E-state index contributed by atoms with van der Waals surface area (Å²) in [5.74, 6) is 0. The lowest BCUT2D eigenvalue weighted by Crippen LogP contribution is -2.15. The number of aliphatic hydroxyl groups excluding tert-OH is 1. The number of aliphatic hydroxyl groups is 1. The Kier molecular flexibility index (Phi) is 8.95. The first-order valence-electron chi connectivity index (χ1n) is 5.07. The average Bonchev–Trinajstić information content (AvgIpc) is 2.06. The van der Waals surface area contributed by atoms with Gasteiger partial charge in [0.15, 0.2) is 0 Å². The van der Waals surface area contributed by atoms with Crippen molar-refractivity contribution in [1.82, 2.24) is 0 Å². The van der Waals surface area contributed by atoms with E-state index in [0.717, 1.165) is 25.9 Å². The van der Waals surface area contributed by atoms with Gasteiger partial charge in [-0.15, -0.1) is 0 Å². The molecule has 0 bridgehead atoms. The van der Waals surface area contributed by atoms with Crippen LogP contribution in [0.2, 0.25) is 0 Å². The Morgan fingerprint density at radius 2 is 1.92 bits per heavy atom. The second-order valence-corrected chi connectivity index (χ2v) is 3.22. The van der Waals surface area contributed by atoms with Crippen LogP contribution in [0.1, 0.15) is 46.0 Å². The van der Waals surface area contributed by atoms with Crippen LogP contribution >= 0.6 is 0 Å². The average molecular weight is 174 g/mol. The Morgan fingerprint density at radius 3 is 2.50 bits per heavy atom. The van der Waals surface area contributed by atoms with Crippen molar-refractivity contribution in [2.24, 2.45) is 0 Å². The highest BCUT2D eigenvalue weighted by atomic mass is 16.5. The van der Waals surface area contributed by atoms with E-state index < -0.39 is 0 Å². The highest BCUT2D eigenvalue weighted by Gasteiger charge is 2.02. The van der Waals surface area contributed by atoms with Crippen molar-refractivity contribution in [3.05, 3.63) is 0 Å². The van der Waals surface area contributed by atoms with Crippen LogP contribution in [0.3, 0.4) is 0 Å². The van der Waals surface area contributed by atoms with Gasteiger partial charge in [0.05, 0.1) is 12.7 Å². The molecule has 0 fully saturated rings. The maximum Gasteiger partial charge on any atom is 0.0773 e. The maximum atomic E-state index is 9.38. The zero-order valence-corrected chi connectivity index (χ0v) is 8.38. The molecule has 0 radical (unpaired) electrons. The SMILES string of the molecule is CCCCCC(O)COCCC. The quantitative estimate of drug-likeness (QED) is 0.572. The van der Waals surface area contributed by atoms with E-state index in [0.29, 0.717) is 6.61 Å². The van der Waals surface area contributed by atoms with Crippen molar-refractivity contribution >= 4 is 0 Å². The van der Waals surface area contributed by atoms with Crippen molar-refractivity contribution in [2.45, 2.75) is 52.1 Å². The van der Waals surface area contributed by atoms with Gasteiger partial charge in [-0.05, 0) is 12.8 Å². The van der Waals surface area contributed by atoms with E-state index in [1.165, 1.54) is 12.8 Å². The van der Waals surface area contributed by atoms with Crippen molar-refractivity contribution in [2.75, 3.05) is 13.2 Å². The van der Waals surface area contributed by atoms with Crippen LogP contribution in [-0.2, 0) is 4.74 Å². The molecule has 0 amide bonds. The van der Waals surface area contributed by atoms with Crippen LogP contribution in [-0.4, -0.2) is 24.4 Å². The van der Waals surface area contributed by atoms with Crippen LogP contribution in [0.5, 0.6) is 0 Å². The molecule has 0 aliphatic heterocycles. The van der Waals surface area contributed by atoms with Gasteiger partial charge in [-0.1, -0.05) is 33.1 Å². The van der Waals surface area contributed by atoms with Crippen LogP contribution in [0.15, 0.2) is 0 Å². The number of hydrogen-bond acceptors (Lipinski definition) is 2. The third-order valence-electron chi connectivity index (χ3n) is 1.80. The van der Waals surface area contributed by atoms with Gasteiger partial charge in [0.2, 0.25) is 0 Å². The molecule has 12 heavy (non-hydrogen) atoms. The summed E-state index contributed by atoms with van der Waals surface area (Å²) in [5.41, 5.74) is 0. The van der Waals surface area contributed by atoms with Crippen molar-refractivity contribution in [3.63, 3.8) is 0 Å². The summed E-state index contributed by atoms with van der Waals surface area (Å²) in [5, 5.41) is 9.38. The summed E-state index contributed by atoms with van der Waals surface area (Å²) in [6.07, 6.45) is 5.21. The van der Waals surface area contributed by atoms with Gasteiger partial charge in [0, 0.05) is 6.61 Å². The summed E-state index contributed by atoms with van der Waals surface area (Å²) in [6, 6.07) is 0. The molecule has 0 aromatic rings. The van der Waals surface area contributed by atoms with Gasteiger partial charge in [-0.25, -0.2) is 0 Å². The normalized spacial score (nSPS) is 13.2. The monoisotopic (exact) mass is 174 g/mol.